The largest absolute Gasteiger partial charge is 0.453 e. The molecule has 15 nitrogen and oxygen atoms in total. The van der Waals surface area contributed by atoms with Crippen LogP contribution in [0.3, 0.4) is 0 Å². The zero-order valence-electron chi connectivity index (χ0n) is 38.3. The Labute approximate surface area is 379 Å². The Morgan fingerprint density at radius 2 is 1.28 bits per heavy atom. The highest BCUT2D eigenvalue weighted by molar-refractivity contribution is 5.88. The SMILES string of the molecule is COC(=O)N[C@H](C(=O)N1CCCC1c1nc2ccc(-c3ccc(-c4ccc(-c5cnc([C@@H]6CCCN6C(=O)[C@@H](NC(=O)OC)C(C)C)[nH]5)cn4)c4c3CC3(CCCC3)C4)cc2[nH]1)C(C)C. The van der Waals surface area contributed by atoms with E-state index in [-0.39, 0.29) is 41.1 Å². The normalized spacial score (nSPS) is 19.9. The Kier molecular flexibility index (Phi) is 12.2. The van der Waals surface area contributed by atoms with Crippen molar-refractivity contribution in [2.45, 2.75) is 116 Å². The number of imidazole rings is 2. The van der Waals surface area contributed by atoms with Crippen LogP contribution in [0.25, 0.3) is 44.7 Å². The van der Waals surface area contributed by atoms with Crippen LogP contribution in [-0.2, 0) is 31.9 Å². The molecular weight excluding hydrogens is 823 g/mol. The Balaban J connectivity index is 0.964. The van der Waals surface area contributed by atoms with E-state index in [1.54, 1.807) is 0 Å². The molecule has 1 spiro atoms. The summed E-state index contributed by atoms with van der Waals surface area (Å²) in [5.41, 5.74) is 11.0. The van der Waals surface area contributed by atoms with Crippen molar-refractivity contribution >= 4 is 35.0 Å². The van der Waals surface area contributed by atoms with Crippen LogP contribution in [0, 0.1) is 17.3 Å². The van der Waals surface area contributed by atoms with Gasteiger partial charge in [-0.15, -0.1) is 0 Å². The second-order valence-corrected chi connectivity index (χ2v) is 19.2. The van der Waals surface area contributed by atoms with Crippen molar-refractivity contribution in [1.82, 2.24) is 45.4 Å². The van der Waals surface area contributed by atoms with Gasteiger partial charge in [0, 0.05) is 30.4 Å². The van der Waals surface area contributed by atoms with Gasteiger partial charge in [0.25, 0.3) is 0 Å². The summed E-state index contributed by atoms with van der Waals surface area (Å²) in [6, 6.07) is 13.3. The predicted molar refractivity (Wildman–Crippen MR) is 246 cm³/mol. The summed E-state index contributed by atoms with van der Waals surface area (Å²) in [6.07, 6.45) is 12.8. The smallest absolute Gasteiger partial charge is 0.407 e. The lowest BCUT2D eigenvalue weighted by molar-refractivity contribution is -0.136. The molecule has 2 aromatic carbocycles. The lowest BCUT2D eigenvalue weighted by atomic mass is 9.82. The van der Waals surface area contributed by atoms with Gasteiger partial charge in [0.05, 0.1) is 54.9 Å². The van der Waals surface area contributed by atoms with E-state index in [1.165, 1.54) is 62.2 Å². The molecule has 1 saturated carbocycles. The molecule has 0 radical (unpaired) electrons. The number of amides is 4. The first kappa shape index (κ1) is 44.0. The first-order valence-electron chi connectivity index (χ1n) is 23.3. The Bertz CT molecular complexity index is 2590. The van der Waals surface area contributed by atoms with Crippen LogP contribution in [0.1, 0.15) is 114 Å². The zero-order chi connectivity index (χ0) is 45.6. The number of aromatic nitrogens is 5. The number of pyridine rings is 1. The van der Waals surface area contributed by atoms with Crippen LogP contribution in [0.4, 0.5) is 9.59 Å². The number of H-pyrrole nitrogens is 2. The van der Waals surface area contributed by atoms with E-state index in [9.17, 15) is 19.2 Å². The highest BCUT2D eigenvalue weighted by Gasteiger charge is 2.43. The van der Waals surface area contributed by atoms with Gasteiger partial charge in [-0.3, -0.25) is 14.6 Å². The molecule has 3 aromatic heterocycles. The number of alkyl carbamates (subject to hydrolysis) is 2. The third-order valence-electron chi connectivity index (χ3n) is 14.4. The van der Waals surface area contributed by atoms with Crippen LogP contribution < -0.4 is 10.6 Å². The van der Waals surface area contributed by atoms with E-state index in [0.717, 1.165) is 83.7 Å². The third kappa shape index (κ3) is 8.45. The monoisotopic (exact) mass is 883 g/mol. The minimum Gasteiger partial charge on any atom is -0.453 e. The lowest BCUT2D eigenvalue weighted by Gasteiger charge is -2.30. The zero-order valence-corrected chi connectivity index (χ0v) is 38.3. The fourth-order valence-electron chi connectivity index (χ4n) is 11.0. The van der Waals surface area contributed by atoms with Crippen LogP contribution in [0.2, 0.25) is 0 Å². The van der Waals surface area contributed by atoms with Crippen molar-refractivity contribution in [3.63, 3.8) is 0 Å². The van der Waals surface area contributed by atoms with Crippen molar-refractivity contribution in [3.8, 4) is 33.6 Å². The number of fused-ring (bicyclic) bond motifs is 2. The molecule has 2 saturated heterocycles. The van der Waals surface area contributed by atoms with Crippen LogP contribution in [0.15, 0.2) is 54.9 Å². The van der Waals surface area contributed by atoms with Crippen molar-refractivity contribution < 1.29 is 28.7 Å². The molecule has 9 rings (SSSR count). The Morgan fingerprint density at radius 3 is 1.86 bits per heavy atom. The quantitative estimate of drug-likeness (QED) is 0.101. The van der Waals surface area contributed by atoms with Crippen molar-refractivity contribution in [2.75, 3.05) is 27.3 Å². The minimum atomic E-state index is -0.696. The molecule has 4 amide bonds. The second kappa shape index (κ2) is 18.0. The van der Waals surface area contributed by atoms with E-state index >= 15 is 0 Å². The van der Waals surface area contributed by atoms with Gasteiger partial charge in [0.1, 0.15) is 23.7 Å². The van der Waals surface area contributed by atoms with Gasteiger partial charge in [-0.05, 0) is 115 Å². The highest BCUT2D eigenvalue weighted by atomic mass is 16.5. The molecule has 2 aliphatic carbocycles. The number of hydrogen-bond acceptors (Lipinski definition) is 9. The van der Waals surface area contributed by atoms with Gasteiger partial charge < -0.3 is 39.9 Å². The number of nitrogens with one attached hydrogen (secondary N) is 4. The van der Waals surface area contributed by atoms with E-state index in [1.807, 2.05) is 49.9 Å². The predicted octanol–water partition coefficient (Wildman–Crippen LogP) is 8.43. The number of methoxy groups -OCH3 is 2. The summed E-state index contributed by atoms with van der Waals surface area (Å²) in [6.45, 7) is 8.85. The number of hydrogen-bond donors (Lipinski definition) is 4. The summed E-state index contributed by atoms with van der Waals surface area (Å²) < 4.78 is 9.62. The molecule has 3 fully saturated rings. The van der Waals surface area contributed by atoms with Crippen molar-refractivity contribution in [2.24, 2.45) is 17.3 Å². The number of carbonyl (C=O) groups excluding carboxylic acids is 4. The van der Waals surface area contributed by atoms with Gasteiger partial charge in [0.2, 0.25) is 11.8 Å². The summed E-state index contributed by atoms with van der Waals surface area (Å²) in [7, 11) is 2.60. The number of ether oxygens (including phenoxy) is 2. The molecule has 2 aliphatic heterocycles. The first-order valence-corrected chi connectivity index (χ1v) is 23.3. The minimum absolute atomic E-state index is 0.109. The second-order valence-electron chi connectivity index (χ2n) is 19.2. The molecule has 0 bridgehead atoms. The number of rotatable bonds is 11. The molecule has 5 aromatic rings. The average molecular weight is 884 g/mol. The van der Waals surface area contributed by atoms with E-state index in [2.05, 4.69) is 63.1 Å². The van der Waals surface area contributed by atoms with Crippen molar-refractivity contribution in [1.29, 1.82) is 0 Å². The maximum atomic E-state index is 13.8. The van der Waals surface area contributed by atoms with Gasteiger partial charge in [-0.25, -0.2) is 19.6 Å². The Hall–Kier alpha value is -6.25. The average Bonchev–Trinajstić information content (AvgIpc) is 4.17. The third-order valence-corrected chi connectivity index (χ3v) is 14.4. The van der Waals surface area contributed by atoms with Gasteiger partial charge in [-0.1, -0.05) is 58.7 Å². The molecule has 4 aliphatic rings. The van der Waals surface area contributed by atoms with E-state index < -0.39 is 24.3 Å². The van der Waals surface area contributed by atoms with E-state index in [4.69, 9.17) is 24.4 Å². The molecule has 4 atom stereocenters. The molecule has 4 N–H and O–H groups in total. The van der Waals surface area contributed by atoms with Gasteiger partial charge in [-0.2, -0.15) is 0 Å². The summed E-state index contributed by atoms with van der Waals surface area (Å²) in [5.74, 6) is 0.991. The summed E-state index contributed by atoms with van der Waals surface area (Å²) in [5, 5.41) is 5.46. The van der Waals surface area contributed by atoms with Crippen LogP contribution in [0.5, 0.6) is 0 Å². The Morgan fingerprint density at radius 1 is 0.692 bits per heavy atom. The lowest BCUT2D eigenvalue weighted by Crippen LogP contribution is -2.51. The van der Waals surface area contributed by atoms with E-state index in [0.29, 0.717) is 13.1 Å². The van der Waals surface area contributed by atoms with Crippen LogP contribution in [-0.4, -0.2) is 98.1 Å². The molecule has 65 heavy (non-hydrogen) atoms. The summed E-state index contributed by atoms with van der Waals surface area (Å²) in [4.78, 5) is 77.3. The fourth-order valence-corrected chi connectivity index (χ4v) is 11.0. The molecule has 1 unspecified atom stereocenters. The molecular formula is C50H61N9O6. The maximum absolute atomic E-state index is 13.8. The van der Waals surface area contributed by atoms with Crippen LogP contribution >= 0.6 is 0 Å². The number of aromatic amines is 2. The number of likely N-dealkylation sites (tertiary alicyclic amines) is 2. The fraction of sp³-hybridized carbons (Fsp3) is 0.500. The number of nitrogens with zero attached hydrogens (tertiary/aromatic N) is 5. The maximum Gasteiger partial charge on any atom is 0.407 e. The first-order chi connectivity index (χ1) is 31.4. The topological polar surface area (TPSA) is 188 Å². The molecule has 342 valence electrons. The number of carbonyl (C=O) groups is 4. The molecule has 5 heterocycles. The van der Waals surface area contributed by atoms with Gasteiger partial charge in [0.15, 0.2) is 0 Å². The summed E-state index contributed by atoms with van der Waals surface area (Å²) >= 11 is 0. The molecule has 15 heteroatoms. The van der Waals surface area contributed by atoms with Crippen molar-refractivity contribution in [3.05, 3.63) is 77.6 Å². The number of benzene rings is 2. The highest BCUT2D eigenvalue weighted by Crippen LogP contribution is 2.53. The van der Waals surface area contributed by atoms with Gasteiger partial charge >= 0.3 is 12.2 Å². The standard InChI is InChI=1S/C50H61N9O6/c1-28(2)42(56-48(62)64-5)46(60)58-21-9-11-40(58)44-52-27-39(55-44)31-14-17-36(51-26-31)33-16-15-32(34-24-50(25-35(33)34)19-7-8-20-50)30-13-18-37-38(23-30)54-45(53-37)41-12-10-22-59(41)47(61)43(29(3)4)57-49(63)65-6/h13-18,23,26-29,40-43H,7-12,19-22,24-25H2,1-6H3,(H,52,55)(H,53,54)(H,56,62)(H,57,63)/t40-,41?,42-,43-/m0/s1.